The van der Waals surface area contributed by atoms with E-state index in [0.29, 0.717) is 23.4 Å². The Morgan fingerprint density at radius 2 is 1.83 bits per heavy atom. The van der Waals surface area contributed by atoms with Gasteiger partial charge in [-0.1, -0.05) is 45.4 Å². The average Bonchev–Trinajstić information content (AvgIpc) is 3.48. The third-order valence-electron chi connectivity index (χ3n) is 7.98. The number of ketones is 1. The molecule has 0 bridgehead atoms. The number of aliphatic hydroxyl groups is 2. The van der Waals surface area contributed by atoms with Crippen molar-refractivity contribution in [1.82, 2.24) is 10.3 Å². The molecule has 1 aromatic carbocycles. The highest BCUT2D eigenvalue weighted by atomic mass is 16.5. The average molecular weight is 499 g/mol. The van der Waals surface area contributed by atoms with Gasteiger partial charge in [-0.3, -0.25) is 9.59 Å². The van der Waals surface area contributed by atoms with Crippen molar-refractivity contribution >= 4 is 22.9 Å². The van der Waals surface area contributed by atoms with Gasteiger partial charge in [0.1, 0.15) is 17.4 Å². The molecular formula is C28H38N2O6. The number of hydrogen-bond donors (Lipinski definition) is 3. The maximum Gasteiger partial charge on any atom is 0.309 e. The first-order chi connectivity index (χ1) is 16.9. The highest BCUT2D eigenvalue weighted by Crippen LogP contribution is 2.36. The number of rotatable bonds is 1. The Morgan fingerprint density at radius 3 is 2.56 bits per heavy atom. The largest absolute Gasteiger partial charge is 0.457 e. The molecular weight excluding hydrogens is 460 g/mol. The number of nitrogens with one attached hydrogen (secondary N) is 1. The van der Waals surface area contributed by atoms with Crippen molar-refractivity contribution in [3.8, 4) is 0 Å². The molecule has 196 valence electrons. The molecule has 2 aliphatic heterocycles. The Labute approximate surface area is 212 Å². The zero-order valence-corrected chi connectivity index (χ0v) is 21.9. The molecule has 8 heteroatoms. The number of aliphatic hydroxyl groups excluding tert-OH is 2. The van der Waals surface area contributed by atoms with E-state index in [0.717, 1.165) is 17.6 Å². The molecule has 2 aliphatic rings. The number of aryl methyl sites for hydroxylation is 1. The molecule has 36 heavy (non-hydrogen) atoms. The summed E-state index contributed by atoms with van der Waals surface area (Å²) in [6.45, 7) is 10.7. The second-order valence-electron chi connectivity index (χ2n) is 11.2. The number of cyclic esters (lactones) is 1. The quantitative estimate of drug-likeness (QED) is 0.307. The first kappa shape index (κ1) is 26.5. The number of ether oxygens (including phenoxy) is 1. The van der Waals surface area contributed by atoms with Gasteiger partial charge >= 0.3 is 5.97 Å². The highest BCUT2D eigenvalue weighted by Gasteiger charge is 2.47. The van der Waals surface area contributed by atoms with E-state index in [1.165, 1.54) is 0 Å². The summed E-state index contributed by atoms with van der Waals surface area (Å²) in [5, 5.41) is 25.3. The van der Waals surface area contributed by atoms with Crippen LogP contribution in [-0.4, -0.2) is 51.2 Å². The van der Waals surface area contributed by atoms with Crippen LogP contribution in [0.5, 0.6) is 0 Å². The fraction of sp³-hybridized carbons (Fsp3) is 0.607. The fourth-order valence-electron chi connectivity index (χ4n) is 5.34. The number of benzene rings is 1. The molecule has 2 aromatic rings. The molecule has 0 spiro atoms. The Hall–Kier alpha value is -2.55. The van der Waals surface area contributed by atoms with Crippen LogP contribution in [0.1, 0.15) is 71.4 Å². The maximum atomic E-state index is 13.3. The summed E-state index contributed by atoms with van der Waals surface area (Å²) in [5.41, 5.74) is 2.05. The number of Topliss-reactive ketones (excluding diaryl/α,β-unsaturated/α-hetero) is 1. The number of nitrogens with zero attached hydrogens (tertiary/aromatic N) is 1. The van der Waals surface area contributed by atoms with E-state index >= 15 is 0 Å². The normalized spacial score (nSPS) is 35.6. The lowest BCUT2D eigenvalue weighted by Gasteiger charge is -2.34. The van der Waals surface area contributed by atoms with E-state index < -0.39 is 35.6 Å². The predicted octanol–water partition coefficient (Wildman–Crippen LogP) is 3.78. The summed E-state index contributed by atoms with van der Waals surface area (Å²) in [6, 6.07) is 5.87. The summed E-state index contributed by atoms with van der Waals surface area (Å²) < 4.78 is 11.4. The van der Waals surface area contributed by atoms with Gasteiger partial charge in [0.05, 0.1) is 24.0 Å². The van der Waals surface area contributed by atoms with Gasteiger partial charge in [-0.05, 0) is 37.0 Å². The van der Waals surface area contributed by atoms with E-state index in [1.807, 2.05) is 32.0 Å². The summed E-state index contributed by atoms with van der Waals surface area (Å²) in [4.78, 5) is 30.7. The van der Waals surface area contributed by atoms with Gasteiger partial charge in [-0.15, -0.1) is 0 Å². The van der Waals surface area contributed by atoms with Gasteiger partial charge in [0, 0.05) is 31.3 Å². The molecule has 0 saturated carbocycles. The lowest BCUT2D eigenvalue weighted by Crippen LogP contribution is -2.46. The second-order valence-corrected chi connectivity index (χ2v) is 11.2. The van der Waals surface area contributed by atoms with Gasteiger partial charge in [-0.2, -0.15) is 0 Å². The fourth-order valence-corrected chi connectivity index (χ4v) is 5.34. The van der Waals surface area contributed by atoms with Crippen LogP contribution in [0.4, 0.5) is 0 Å². The zero-order chi connectivity index (χ0) is 26.4. The number of hydrogen-bond acceptors (Lipinski definition) is 8. The van der Waals surface area contributed by atoms with Crippen molar-refractivity contribution < 1.29 is 29.0 Å². The molecule has 0 radical (unpaired) electrons. The molecule has 2 unspecified atom stereocenters. The third kappa shape index (κ3) is 5.41. The van der Waals surface area contributed by atoms with Crippen molar-refractivity contribution in [3.63, 3.8) is 0 Å². The first-order valence-electron chi connectivity index (χ1n) is 12.8. The van der Waals surface area contributed by atoms with Gasteiger partial charge < -0.3 is 24.7 Å². The van der Waals surface area contributed by atoms with Crippen LogP contribution in [-0.2, 0) is 14.3 Å². The SMILES string of the molecule is C/C1=C/C[C@H](c2ccc3oc(C)nc3c2)OC(=O)C[C@@H](O)C(C)(C)C(=O)[C@H](C)[C@@H](O)[C@H](C)C2NC2C1. The zero-order valence-electron chi connectivity index (χ0n) is 21.9. The van der Waals surface area contributed by atoms with Crippen molar-refractivity contribution in [2.75, 3.05) is 0 Å². The third-order valence-corrected chi connectivity index (χ3v) is 7.98. The smallest absolute Gasteiger partial charge is 0.309 e. The number of carbonyl (C=O) groups excluding carboxylic acids is 2. The maximum absolute atomic E-state index is 13.3. The minimum Gasteiger partial charge on any atom is -0.457 e. The molecule has 8 nitrogen and oxygen atoms in total. The van der Waals surface area contributed by atoms with E-state index in [-0.39, 0.29) is 30.2 Å². The van der Waals surface area contributed by atoms with E-state index in [2.05, 4.69) is 16.4 Å². The number of oxazole rings is 1. The molecule has 0 amide bonds. The topological polar surface area (TPSA) is 132 Å². The van der Waals surface area contributed by atoms with Crippen LogP contribution in [0.15, 0.2) is 34.3 Å². The van der Waals surface area contributed by atoms with Crippen molar-refractivity contribution in [3.05, 3.63) is 41.3 Å². The molecule has 3 N–H and O–H groups in total. The number of carbonyl (C=O) groups is 2. The van der Waals surface area contributed by atoms with E-state index in [1.54, 1.807) is 27.7 Å². The van der Waals surface area contributed by atoms with Crippen molar-refractivity contribution in [2.24, 2.45) is 17.3 Å². The molecule has 1 aromatic heterocycles. The standard InChI is InChI=1S/C28H38N2O6/c1-14-7-9-21(18-8-10-22-19(12-18)29-17(4)35-22)36-24(32)13-23(31)28(5,6)27(34)16(3)26(33)15(2)25-20(11-14)30-25/h7-8,10,12,15-16,20-21,23,25-26,30-31,33H,9,11,13H2,1-6H3/b14-7-/t15-,16-,20?,21-,23-,25?,26+/m1/s1. The summed E-state index contributed by atoms with van der Waals surface area (Å²) >= 11 is 0. The second kappa shape index (κ2) is 10.1. The minimum atomic E-state index is -1.25. The Kier molecular flexibility index (Phi) is 7.42. The number of esters is 1. The molecule has 1 fully saturated rings. The van der Waals surface area contributed by atoms with Crippen LogP contribution in [0.2, 0.25) is 0 Å². The van der Waals surface area contributed by atoms with Crippen LogP contribution in [0.3, 0.4) is 0 Å². The molecule has 4 rings (SSSR count). The van der Waals surface area contributed by atoms with Crippen LogP contribution < -0.4 is 5.32 Å². The van der Waals surface area contributed by atoms with Crippen LogP contribution in [0.25, 0.3) is 11.1 Å². The summed E-state index contributed by atoms with van der Waals surface area (Å²) in [7, 11) is 0. The van der Waals surface area contributed by atoms with Gasteiger partial charge in [0.25, 0.3) is 0 Å². The highest BCUT2D eigenvalue weighted by molar-refractivity contribution is 5.88. The summed E-state index contributed by atoms with van der Waals surface area (Å²) in [6.07, 6.45) is 0.341. The molecule has 0 aliphatic carbocycles. The predicted molar refractivity (Wildman–Crippen MR) is 135 cm³/mol. The summed E-state index contributed by atoms with van der Waals surface area (Å²) in [5.74, 6) is -1.11. The van der Waals surface area contributed by atoms with Crippen LogP contribution in [0, 0.1) is 24.2 Å². The van der Waals surface area contributed by atoms with Crippen molar-refractivity contribution in [2.45, 2.75) is 91.2 Å². The van der Waals surface area contributed by atoms with E-state index in [4.69, 9.17) is 9.15 Å². The lowest BCUT2D eigenvalue weighted by atomic mass is 9.73. The number of aromatic nitrogens is 1. The van der Waals surface area contributed by atoms with Crippen LogP contribution >= 0.6 is 0 Å². The van der Waals surface area contributed by atoms with Gasteiger partial charge in [-0.25, -0.2) is 4.98 Å². The van der Waals surface area contributed by atoms with E-state index in [9.17, 15) is 19.8 Å². The minimum absolute atomic E-state index is 0.117. The Bertz CT molecular complexity index is 1170. The van der Waals surface area contributed by atoms with Gasteiger partial charge in [0.15, 0.2) is 11.5 Å². The van der Waals surface area contributed by atoms with Crippen molar-refractivity contribution in [1.29, 1.82) is 0 Å². The molecule has 7 atom stereocenters. The Morgan fingerprint density at radius 1 is 1.11 bits per heavy atom. The number of fused-ring (bicyclic) bond motifs is 2. The van der Waals surface area contributed by atoms with Gasteiger partial charge in [0.2, 0.25) is 0 Å². The Balaban J connectivity index is 1.64. The molecule has 1 saturated heterocycles. The monoisotopic (exact) mass is 498 g/mol. The first-order valence-corrected chi connectivity index (χ1v) is 12.8. The molecule has 3 heterocycles. The lowest BCUT2D eigenvalue weighted by molar-refractivity contribution is -0.155.